The first kappa shape index (κ1) is 16.4. The second-order valence-corrected chi connectivity index (χ2v) is 6.25. The number of carbonyl (C=O) groups is 1. The minimum Gasteiger partial charge on any atom is -0.489 e. The maximum atomic E-state index is 12.7. The van der Waals surface area contributed by atoms with Gasteiger partial charge in [-0.05, 0) is 42.0 Å². The molecule has 128 valence electrons. The number of ketones is 1. The molecule has 0 radical (unpaired) electrons. The van der Waals surface area contributed by atoms with Crippen molar-refractivity contribution in [3.05, 3.63) is 101 Å². The predicted molar refractivity (Wildman–Crippen MR) is 102 cm³/mol. The zero-order valence-electron chi connectivity index (χ0n) is 13.8. The van der Waals surface area contributed by atoms with Crippen LogP contribution in [0, 0.1) is 0 Å². The van der Waals surface area contributed by atoms with Crippen molar-refractivity contribution in [3.63, 3.8) is 0 Å². The molecule has 0 atom stereocenters. The van der Waals surface area contributed by atoms with Crippen LogP contribution < -0.4 is 4.74 Å². The summed E-state index contributed by atoms with van der Waals surface area (Å²) < 4.78 is 11.4. The Morgan fingerprint density at radius 1 is 0.885 bits per heavy atom. The van der Waals surface area contributed by atoms with Gasteiger partial charge in [-0.2, -0.15) is 0 Å². The maximum absolute atomic E-state index is 12.7. The molecule has 0 spiro atoms. The van der Waals surface area contributed by atoms with E-state index in [4.69, 9.17) is 20.8 Å². The summed E-state index contributed by atoms with van der Waals surface area (Å²) >= 11 is 6.31. The van der Waals surface area contributed by atoms with Crippen LogP contribution in [0.2, 0.25) is 5.02 Å². The van der Waals surface area contributed by atoms with Crippen molar-refractivity contribution in [1.29, 1.82) is 0 Å². The Morgan fingerprint density at radius 2 is 1.58 bits per heavy atom. The number of hydrogen-bond donors (Lipinski definition) is 0. The lowest BCUT2D eigenvalue weighted by Gasteiger charge is -2.07. The number of rotatable bonds is 5. The molecular weight excluding hydrogens is 348 g/mol. The van der Waals surface area contributed by atoms with Crippen LogP contribution in [0.5, 0.6) is 5.75 Å². The lowest BCUT2D eigenvalue weighted by Crippen LogP contribution is -2.01. The third-order valence-electron chi connectivity index (χ3n) is 4.11. The van der Waals surface area contributed by atoms with Gasteiger partial charge >= 0.3 is 0 Å². The Bertz CT molecular complexity index is 1050. The first-order chi connectivity index (χ1) is 12.7. The molecular formula is C22H15ClO3. The molecule has 3 aromatic carbocycles. The summed E-state index contributed by atoms with van der Waals surface area (Å²) in [7, 11) is 0. The number of benzene rings is 3. The fourth-order valence-corrected chi connectivity index (χ4v) is 3.02. The van der Waals surface area contributed by atoms with Crippen molar-refractivity contribution >= 4 is 28.4 Å². The molecule has 3 nitrogen and oxygen atoms in total. The van der Waals surface area contributed by atoms with Crippen molar-refractivity contribution < 1.29 is 13.9 Å². The molecule has 4 heteroatoms. The van der Waals surface area contributed by atoms with E-state index >= 15 is 0 Å². The van der Waals surface area contributed by atoms with Crippen molar-refractivity contribution in [2.75, 3.05) is 0 Å². The van der Waals surface area contributed by atoms with Gasteiger partial charge in [-0.3, -0.25) is 4.79 Å². The molecule has 1 aromatic heterocycles. The molecule has 0 aliphatic rings. The van der Waals surface area contributed by atoms with Gasteiger partial charge in [0.15, 0.2) is 5.76 Å². The van der Waals surface area contributed by atoms with Gasteiger partial charge in [0.25, 0.3) is 0 Å². The highest BCUT2D eigenvalue weighted by Crippen LogP contribution is 2.32. The van der Waals surface area contributed by atoms with Crippen molar-refractivity contribution in [1.82, 2.24) is 0 Å². The van der Waals surface area contributed by atoms with Crippen molar-refractivity contribution in [2.45, 2.75) is 6.61 Å². The van der Waals surface area contributed by atoms with Crippen LogP contribution in [0.1, 0.15) is 21.7 Å². The Morgan fingerprint density at radius 3 is 2.31 bits per heavy atom. The van der Waals surface area contributed by atoms with Gasteiger partial charge in [0, 0.05) is 10.9 Å². The van der Waals surface area contributed by atoms with E-state index in [1.54, 1.807) is 30.3 Å². The van der Waals surface area contributed by atoms with Gasteiger partial charge in [0.2, 0.25) is 5.78 Å². The molecule has 0 fully saturated rings. The SMILES string of the molecule is O=C(c1ccc(OCc2ccccc2)cc1)c1oc2ccccc2c1Cl. The summed E-state index contributed by atoms with van der Waals surface area (Å²) in [5, 5.41) is 1.08. The Balaban J connectivity index is 1.52. The topological polar surface area (TPSA) is 39.4 Å². The van der Waals surface area contributed by atoms with Crippen LogP contribution in [0.25, 0.3) is 11.0 Å². The number of furan rings is 1. The highest BCUT2D eigenvalue weighted by molar-refractivity contribution is 6.39. The summed E-state index contributed by atoms with van der Waals surface area (Å²) in [6.45, 7) is 0.476. The predicted octanol–water partition coefficient (Wildman–Crippen LogP) is 5.90. The van der Waals surface area contributed by atoms with Gasteiger partial charge in [-0.1, -0.05) is 54.1 Å². The zero-order chi connectivity index (χ0) is 17.9. The smallest absolute Gasteiger partial charge is 0.229 e. The average molecular weight is 363 g/mol. The maximum Gasteiger partial charge on any atom is 0.229 e. The Kier molecular flexibility index (Phi) is 4.46. The van der Waals surface area contributed by atoms with E-state index in [9.17, 15) is 4.79 Å². The van der Waals surface area contributed by atoms with E-state index in [1.807, 2.05) is 48.5 Å². The summed E-state index contributed by atoms with van der Waals surface area (Å²) in [6, 6.07) is 24.2. The van der Waals surface area contributed by atoms with Gasteiger partial charge in [0.05, 0.1) is 5.02 Å². The van der Waals surface area contributed by atoms with Gasteiger partial charge < -0.3 is 9.15 Å². The zero-order valence-corrected chi connectivity index (χ0v) is 14.6. The molecule has 0 bridgehead atoms. The minimum absolute atomic E-state index is 0.158. The van der Waals surface area contributed by atoms with Crippen LogP contribution in [0.4, 0.5) is 0 Å². The number of carbonyl (C=O) groups excluding carboxylic acids is 1. The Labute approximate surface area is 155 Å². The summed E-state index contributed by atoms with van der Waals surface area (Å²) in [5.41, 5.74) is 2.18. The summed E-state index contributed by atoms with van der Waals surface area (Å²) in [6.07, 6.45) is 0. The quantitative estimate of drug-likeness (QED) is 0.415. The third kappa shape index (κ3) is 3.22. The van der Waals surface area contributed by atoms with E-state index in [-0.39, 0.29) is 11.5 Å². The van der Waals surface area contributed by atoms with Crippen LogP contribution in [0.15, 0.2) is 83.3 Å². The molecule has 4 aromatic rings. The van der Waals surface area contributed by atoms with Crippen LogP contribution in [0.3, 0.4) is 0 Å². The number of ether oxygens (including phenoxy) is 1. The van der Waals surface area contributed by atoms with Crippen LogP contribution in [-0.4, -0.2) is 5.78 Å². The van der Waals surface area contributed by atoms with Gasteiger partial charge in [0.1, 0.15) is 17.9 Å². The molecule has 4 rings (SSSR count). The van der Waals surface area contributed by atoms with E-state index < -0.39 is 0 Å². The molecule has 0 N–H and O–H groups in total. The minimum atomic E-state index is -0.249. The second kappa shape index (κ2) is 7.06. The molecule has 0 aliphatic carbocycles. The average Bonchev–Trinajstić information content (AvgIpc) is 3.04. The molecule has 0 unspecified atom stereocenters. The molecule has 0 saturated carbocycles. The third-order valence-corrected chi connectivity index (χ3v) is 4.48. The number of halogens is 1. The lowest BCUT2D eigenvalue weighted by molar-refractivity contribution is 0.101. The highest BCUT2D eigenvalue weighted by Gasteiger charge is 2.20. The number of fused-ring (bicyclic) bond motifs is 1. The molecule has 26 heavy (non-hydrogen) atoms. The molecule has 0 aliphatic heterocycles. The lowest BCUT2D eigenvalue weighted by atomic mass is 10.1. The molecule has 1 heterocycles. The van der Waals surface area contributed by atoms with Gasteiger partial charge in [-0.15, -0.1) is 0 Å². The van der Waals surface area contributed by atoms with Crippen molar-refractivity contribution in [2.24, 2.45) is 0 Å². The van der Waals surface area contributed by atoms with E-state index in [2.05, 4.69) is 0 Å². The van der Waals surface area contributed by atoms with Crippen LogP contribution >= 0.6 is 11.6 Å². The second-order valence-electron chi connectivity index (χ2n) is 5.87. The number of para-hydroxylation sites is 1. The molecule has 0 saturated heterocycles. The number of hydrogen-bond acceptors (Lipinski definition) is 3. The fraction of sp³-hybridized carbons (Fsp3) is 0.0455. The summed E-state index contributed by atoms with van der Waals surface area (Å²) in [5.74, 6) is 0.604. The van der Waals surface area contributed by atoms with Gasteiger partial charge in [-0.25, -0.2) is 0 Å². The normalized spacial score (nSPS) is 10.8. The van der Waals surface area contributed by atoms with E-state index in [0.717, 1.165) is 10.9 Å². The highest BCUT2D eigenvalue weighted by atomic mass is 35.5. The Hall–Kier alpha value is -3.04. The first-order valence-electron chi connectivity index (χ1n) is 8.21. The molecule has 0 amide bonds. The fourth-order valence-electron chi connectivity index (χ4n) is 2.73. The largest absolute Gasteiger partial charge is 0.489 e. The van der Waals surface area contributed by atoms with Crippen LogP contribution in [-0.2, 0) is 6.61 Å². The van der Waals surface area contributed by atoms with Crippen molar-refractivity contribution in [3.8, 4) is 5.75 Å². The first-order valence-corrected chi connectivity index (χ1v) is 8.59. The van der Waals surface area contributed by atoms with E-state index in [1.165, 1.54) is 0 Å². The summed E-state index contributed by atoms with van der Waals surface area (Å²) in [4.78, 5) is 12.7. The van der Waals surface area contributed by atoms with E-state index in [0.29, 0.717) is 28.5 Å². The monoisotopic (exact) mass is 362 g/mol. The standard InChI is InChI=1S/C22H15ClO3/c23-20-18-8-4-5-9-19(18)26-22(20)21(24)16-10-12-17(13-11-16)25-14-15-6-2-1-3-7-15/h1-13H,14H2.